The minimum absolute atomic E-state index is 0.384. The summed E-state index contributed by atoms with van der Waals surface area (Å²) in [4.78, 5) is 7.95. The predicted octanol–water partition coefficient (Wildman–Crippen LogP) is 4.42. The molecule has 1 aliphatic rings. The van der Waals surface area contributed by atoms with Crippen LogP contribution in [0.2, 0.25) is 0 Å². The number of H-pyrrole nitrogens is 1. The van der Waals surface area contributed by atoms with Gasteiger partial charge in [-0.3, -0.25) is 0 Å². The number of aromatic nitrogens is 2. The molecule has 0 aliphatic carbocycles. The highest BCUT2D eigenvalue weighted by atomic mass is 15.1. The molecule has 0 saturated carbocycles. The first-order chi connectivity index (χ1) is 13.8. The Labute approximate surface area is 163 Å². The van der Waals surface area contributed by atoms with Gasteiger partial charge >= 0.3 is 0 Å². The van der Waals surface area contributed by atoms with E-state index in [0.717, 1.165) is 58.1 Å². The van der Waals surface area contributed by atoms with Gasteiger partial charge < -0.3 is 15.6 Å². The zero-order valence-corrected chi connectivity index (χ0v) is 15.5. The van der Waals surface area contributed by atoms with E-state index in [9.17, 15) is 5.26 Å². The van der Waals surface area contributed by atoms with Crippen LogP contribution in [0.5, 0.6) is 0 Å². The van der Waals surface area contributed by atoms with Crippen molar-refractivity contribution in [2.24, 2.45) is 0 Å². The Morgan fingerprint density at radius 1 is 1.14 bits per heavy atom. The van der Waals surface area contributed by atoms with Crippen molar-refractivity contribution in [2.75, 3.05) is 18.4 Å². The summed E-state index contributed by atoms with van der Waals surface area (Å²) in [7, 11) is 0. The van der Waals surface area contributed by atoms with Crippen LogP contribution >= 0.6 is 0 Å². The molecule has 138 valence electrons. The molecule has 0 bridgehead atoms. The van der Waals surface area contributed by atoms with Crippen molar-refractivity contribution >= 4 is 27.5 Å². The van der Waals surface area contributed by atoms with Crippen LogP contribution in [0.4, 0.5) is 5.82 Å². The van der Waals surface area contributed by atoms with Crippen molar-refractivity contribution < 1.29 is 0 Å². The molecule has 2 aromatic carbocycles. The third-order valence-electron chi connectivity index (χ3n) is 5.53. The van der Waals surface area contributed by atoms with E-state index in [-0.39, 0.29) is 0 Å². The van der Waals surface area contributed by atoms with Crippen LogP contribution < -0.4 is 10.6 Å². The highest BCUT2D eigenvalue weighted by Gasteiger charge is 2.17. The molecule has 0 amide bonds. The van der Waals surface area contributed by atoms with Gasteiger partial charge in [-0.15, -0.1) is 0 Å². The Kier molecular flexibility index (Phi) is 4.19. The molecule has 0 radical (unpaired) electrons. The number of aromatic amines is 1. The Morgan fingerprint density at radius 2 is 2.07 bits per heavy atom. The molecule has 28 heavy (non-hydrogen) atoms. The topological polar surface area (TPSA) is 76.5 Å². The van der Waals surface area contributed by atoms with E-state index in [2.05, 4.69) is 44.9 Å². The average molecular weight is 367 g/mol. The van der Waals surface area contributed by atoms with Gasteiger partial charge in [0.1, 0.15) is 5.82 Å². The van der Waals surface area contributed by atoms with Gasteiger partial charge in [0.2, 0.25) is 0 Å². The quantitative estimate of drug-likeness (QED) is 0.501. The Bertz CT molecular complexity index is 1190. The SMILES string of the molecule is N#Cc1ccc2cnc(N[C@H]3CCCNC3)cc2c1-c1c[nH]c2ccccc12. The van der Waals surface area contributed by atoms with E-state index in [1.54, 1.807) is 0 Å². The fourth-order valence-corrected chi connectivity index (χ4v) is 4.14. The number of fused-ring (bicyclic) bond motifs is 2. The molecule has 1 fully saturated rings. The molecule has 2 aromatic heterocycles. The highest BCUT2D eigenvalue weighted by molar-refractivity contribution is 6.07. The van der Waals surface area contributed by atoms with E-state index < -0.39 is 0 Å². The number of anilines is 1. The van der Waals surface area contributed by atoms with Crippen LogP contribution in [0.25, 0.3) is 32.8 Å². The van der Waals surface area contributed by atoms with Gasteiger partial charge in [-0.05, 0) is 43.0 Å². The molecule has 1 aliphatic heterocycles. The number of benzene rings is 2. The summed E-state index contributed by atoms with van der Waals surface area (Å²) in [5.74, 6) is 0.859. The lowest BCUT2D eigenvalue weighted by Gasteiger charge is -2.24. The lowest BCUT2D eigenvalue weighted by molar-refractivity contribution is 0.479. The van der Waals surface area contributed by atoms with Crippen LogP contribution in [0.3, 0.4) is 0 Å². The van der Waals surface area contributed by atoms with Crippen molar-refractivity contribution in [3.63, 3.8) is 0 Å². The molecule has 1 saturated heterocycles. The second-order valence-electron chi connectivity index (χ2n) is 7.33. The van der Waals surface area contributed by atoms with Crippen LogP contribution in [-0.2, 0) is 0 Å². The van der Waals surface area contributed by atoms with Crippen LogP contribution in [0.1, 0.15) is 18.4 Å². The van der Waals surface area contributed by atoms with E-state index >= 15 is 0 Å². The summed E-state index contributed by atoms with van der Waals surface area (Å²) in [5, 5.41) is 20.0. The van der Waals surface area contributed by atoms with Crippen LogP contribution in [0.15, 0.2) is 54.9 Å². The second kappa shape index (κ2) is 6.99. The van der Waals surface area contributed by atoms with Crippen molar-refractivity contribution in [1.29, 1.82) is 5.26 Å². The largest absolute Gasteiger partial charge is 0.366 e. The van der Waals surface area contributed by atoms with Gasteiger partial charge in [0.25, 0.3) is 0 Å². The second-order valence-corrected chi connectivity index (χ2v) is 7.33. The number of para-hydroxylation sites is 1. The van der Waals surface area contributed by atoms with E-state index in [1.165, 1.54) is 6.42 Å². The van der Waals surface area contributed by atoms with Crippen molar-refractivity contribution in [3.05, 3.63) is 60.4 Å². The van der Waals surface area contributed by atoms with Gasteiger partial charge in [-0.1, -0.05) is 24.3 Å². The molecule has 5 nitrogen and oxygen atoms in total. The molecular weight excluding hydrogens is 346 g/mol. The van der Waals surface area contributed by atoms with E-state index in [1.807, 2.05) is 36.7 Å². The summed E-state index contributed by atoms with van der Waals surface area (Å²) in [6, 6.07) is 16.9. The van der Waals surface area contributed by atoms with Crippen molar-refractivity contribution in [2.45, 2.75) is 18.9 Å². The number of nitrogens with zero attached hydrogens (tertiary/aromatic N) is 2. The van der Waals surface area contributed by atoms with Gasteiger partial charge in [0, 0.05) is 52.4 Å². The monoisotopic (exact) mass is 367 g/mol. The molecule has 1 atom stereocenters. The maximum absolute atomic E-state index is 9.78. The third-order valence-corrected chi connectivity index (χ3v) is 5.53. The van der Waals surface area contributed by atoms with E-state index in [0.29, 0.717) is 11.6 Å². The van der Waals surface area contributed by atoms with Crippen molar-refractivity contribution in [3.8, 4) is 17.2 Å². The van der Waals surface area contributed by atoms with Gasteiger partial charge in [-0.25, -0.2) is 4.98 Å². The van der Waals surface area contributed by atoms with Gasteiger partial charge in [0.15, 0.2) is 0 Å². The van der Waals surface area contributed by atoms with Crippen LogP contribution in [-0.4, -0.2) is 29.1 Å². The van der Waals surface area contributed by atoms with Crippen LogP contribution in [0, 0.1) is 11.3 Å². The first kappa shape index (κ1) is 16.8. The molecule has 5 rings (SSSR count). The summed E-state index contributed by atoms with van der Waals surface area (Å²) < 4.78 is 0. The molecular formula is C23H21N5. The van der Waals surface area contributed by atoms with Gasteiger partial charge in [0.05, 0.1) is 11.6 Å². The molecule has 3 heterocycles. The summed E-state index contributed by atoms with van der Waals surface area (Å²) in [5.41, 5.74) is 3.76. The van der Waals surface area contributed by atoms with Crippen molar-refractivity contribution in [1.82, 2.24) is 15.3 Å². The Hall–Kier alpha value is -3.36. The zero-order chi connectivity index (χ0) is 18.9. The lowest BCUT2D eigenvalue weighted by Crippen LogP contribution is -2.38. The maximum atomic E-state index is 9.78. The molecule has 4 aromatic rings. The number of piperidine rings is 1. The summed E-state index contributed by atoms with van der Waals surface area (Å²) in [6.45, 7) is 2.03. The lowest BCUT2D eigenvalue weighted by atomic mass is 9.94. The minimum atomic E-state index is 0.384. The number of nitrogens with one attached hydrogen (secondary N) is 3. The third kappa shape index (κ3) is 2.88. The first-order valence-corrected chi connectivity index (χ1v) is 9.70. The fraction of sp³-hybridized carbons (Fsp3) is 0.217. The summed E-state index contributed by atoms with van der Waals surface area (Å²) >= 11 is 0. The fourth-order valence-electron chi connectivity index (χ4n) is 4.14. The number of hydrogen-bond donors (Lipinski definition) is 3. The minimum Gasteiger partial charge on any atom is -0.366 e. The number of pyridine rings is 1. The number of nitriles is 1. The van der Waals surface area contributed by atoms with E-state index in [4.69, 9.17) is 0 Å². The number of hydrogen-bond acceptors (Lipinski definition) is 4. The predicted molar refractivity (Wildman–Crippen MR) is 113 cm³/mol. The normalized spacial score (nSPS) is 16.9. The zero-order valence-electron chi connectivity index (χ0n) is 15.5. The first-order valence-electron chi connectivity index (χ1n) is 9.70. The molecule has 3 N–H and O–H groups in total. The Balaban J connectivity index is 1.68. The maximum Gasteiger partial charge on any atom is 0.126 e. The standard InChI is InChI=1S/C23H21N5/c24-11-15-7-8-16-12-27-22(28-17-4-3-9-25-13-17)10-19(16)23(15)20-14-26-21-6-2-1-5-18(20)21/h1-2,5-8,10,12,14,17,25-26H,3-4,9,13H2,(H,27,28)/t17-/m0/s1. The molecule has 0 spiro atoms. The number of rotatable bonds is 3. The summed E-state index contributed by atoms with van der Waals surface area (Å²) in [6.07, 6.45) is 6.21. The molecule has 5 heteroatoms. The smallest absolute Gasteiger partial charge is 0.126 e. The average Bonchev–Trinajstić information content (AvgIpc) is 3.17. The highest BCUT2D eigenvalue weighted by Crippen LogP contribution is 2.37. The Morgan fingerprint density at radius 3 is 2.93 bits per heavy atom. The molecule has 0 unspecified atom stereocenters. The van der Waals surface area contributed by atoms with Gasteiger partial charge in [-0.2, -0.15) is 5.26 Å².